The van der Waals surface area contributed by atoms with Crippen molar-refractivity contribution in [2.45, 2.75) is 24.3 Å². The lowest BCUT2D eigenvalue weighted by Crippen LogP contribution is -2.02. The van der Waals surface area contributed by atoms with E-state index in [1.54, 1.807) is 23.9 Å². The Kier molecular flexibility index (Phi) is 5.79. The average molecular weight is 327 g/mol. The second-order valence-corrected chi connectivity index (χ2v) is 6.64. The van der Waals surface area contributed by atoms with Crippen molar-refractivity contribution in [1.82, 2.24) is 0 Å². The lowest BCUT2D eigenvalue weighted by Gasteiger charge is -2.13. The maximum atomic E-state index is 10.3. The number of aliphatic hydroxyl groups excluding tert-OH is 1. The normalized spacial score (nSPS) is 12.4. The molecule has 1 unspecified atom stereocenters. The van der Waals surface area contributed by atoms with Crippen molar-refractivity contribution in [3.63, 3.8) is 0 Å². The summed E-state index contributed by atoms with van der Waals surface area (Å²) < 4.78 is 0. The molecule has 0 aliphatic rings. The van der Waals surface area contributed by atoms with E-state index < -0.39 is 6.10 Å². The fraction of sp³-hybridized carbons (Fsp3) is 0.250. The highest BCUT2D eigenvalue weighted by Gasteiger charge is 2.11. The zero-order chi connectivity index (χ0) is 14.5. The largest absolute Gasteiger partial charge is 0.388 e. The van der Waals surface area contributed by atoms with Gasteiger partial charge in [0, 0.05) is 21.4 Å². The Morgan fingerprint density at radius 1 is 1.10 bits per heavy atom. The maximum absolute atomic E-state index is 10.3. The molecule has 0 aliphatic heterocycles. The Balaban J connectivity index is 2.09. The summed E-state index contributed by atoms with van der Waals surface area (Å²) in [6.07, 6.45) is -0.0784. The van der Waals surface area contributed by atoms with Gasteiger partial charge in [0.15, 0.2) is 0 Å². The third-order valence-electron chi connectivity index (χ3n) is 3.00. The summed E-state index contributed by atoms with van der Waals surface area (Å²) in [4.78, 5) is 1.22. The molecule has 0 saturated heterocycles. The van der Waals surface area contributed by atoms with Gasteiger partial charge in [0.05, 0.1) is 6.10 Å². The van der Waals surface area contributed by atoms with E-state index in [9.17, 15) is 5.11 Å². The Morgan fingerprint density at radius 3 is 2.40 bits per heavy atom. The zero-order valence-corrected chi connectivity index (χ0v) is 13.5. The first-order chi connectivity index (χ1) is 9.60. The highest BCUT2D eigenvalue weighted by atomic mass is 35.5. The van der Waals surface area contributed by atoms with Crippen LogP contribution in [0.15, 0.2) is 47.4 Å². The van der Waals surface area contributed by atoms with E-state index in [1.807, 2.05) is 30.3 Å². The SMILES string of the molecule is CCSc1ccc(C(O)Cc2ccc(Cl)cc2Cl)cc1. The zero-order valence-electron chi connectivity index (χ0n) is 11.1. The molecule has 2 aromatic carbocycles. The lowest BCUT2D eigenvalue weighted by atomic mass is 10.0. The van der Waals surface area contributed by atoms with Gasteiger partial charge in [-0.2, -0.15) is 0 Å². The third-order valence-corrected chi connectivity index (χ3v) is 4.49. The monoisotopic (exact) mass is 326 g/mol. The van der Waals surface area contributed by atoms with Crippen LogP contribution in [0.1, 0.15) is 24.2 Å². The van der Waals surface area contributed by atoms with E-state index in [0.717, 1.165) is 16.9 Å². The van der Waals surface area contributed by atoms with Crippen molar-refractivity contribution in [3.05, 3.63) is 63.6 Å². The van der Waals surface area contributed by atoms with Gasteiger partial charge in [0.2, 0.25) is 0 Å². The highest BCUT2D eigenvalue weighted by Crippen LogP contribution is 2.27. The minimum absolute atomic E-state index is 0.482. The topological polar surface area (TPSA) is 20.2 Å². The summed E-state index contributed by atoms with van der Waals surface area (Å²) in [7, 11) is 0. The summed E-state index contributed by atoms with van der Waals surface area (Å²) in [6.45, 7) is 2.12. The van der Waals surface area contributed by atoms with Gasteiger partial charge in [-0.05, 0) is 41.1 Å². The molecule has 0 aromatic heterocycles. The van der Waals surface area contributed by atoms with Gasteiger partial charge < -0.3 is 5.11 Å². The van der Waals surface area contributed by atoms with Crippen molar-refractivity contribution in [3.8, 4) is 0 Å². The summed E-state index contributed by atoms with van der Waals surface area (Å²) in [5.74, 6) is 1.04. The first-order valence-corrected chi connectivity index (χ1v) is 8.19. The molecule has 0 amide bonds. The molecule has 1 atom stereocenters. The molecular weight excluding hydrogens is 311 g/mol. The molecule has 0 heterocycles. The number of aliphatic hydroxyl groups is 1. The first-order valence-electron chi connectivity index (χ1n) is 6.45. The molecule has 20 heavy (non-hydrogen) atoms. The van der Waals surface area contributed by atoms with E-state index >= 15 is 0 Å². The molecule has 0 spiro atoms. The van der Waals surface area contributed by atoms with Crippen LogP contribution in [0.25, 0.3) is 0 Å². The van der Waals surface area contributed by atoms with Gasteiger partial charge in [0.25, 0.3) is 0 Å². The molecule has 106 valence electrons. The summed E-state index contributed by atoms with van der Waals surface area (Å²) >= 11 is 13.8. The minimum Gasteiger partial charge on any atom is -0.388 e. The number of hydrogen-bond donors (Lipinski definition) is 1. The van der Waals surface area contributed by atoms with Crippen molar-refractivity contribution in [1.29, 1.82) is 0 Å². The maximum Gasteiger partial charge on any atom is 0.0830 e. The number of thioether (sulfide) groups is 1. The third kappa shape index (κ3) is 4.16. The van der Waals surface area contributed by atoms with Crippen LogP contribution in [0.4, 0.5) is 0 Å². The molecule has 2 aromatic rings. The Labute approximate surface area is 133 Å². The van der Waals surface area contributed by atoms with Crippen LogP contribution in [0, 0.1) is 0 Å². The fourth-order valence-electron chi connectivity index (χ4n) is 1.97. The fourth-order valence-corrected chi connectivity index (χ4v) is 3.11. The summed E-state index contributed by atoms with van der Waals surface area (Å²) in [5.41, 5.74) is 1.80. The van der Waals surface area contributed by atoms with Crippen LogP contribution >= 0.6 is 35.0 Å². The highest BCUT2D eigenvalue weighted by molar-refractivity contribution is 7.99. The number of benzene rings is 2. The second-order valence-electron chi connectivity index (χ2n) is 4.46. The number of rotatable bonds is 5. The van der Waals surface area contributed by atoms with E-state index in [-0.39, 0.29) is 0 Å². The van der Waals surface area contributed by atoms with Gasteiger partial charge >= 0.3 is 0 Å². The Bertz CT molecular complexity index is 569. The number of hydrogen-bond acceptors (Lipinski definition) is 2. The summed E-state index contributed by atoms with van der Waals surface area (Å²) in [6, 6.07) is 13.4. The van der Waals surface area contributed by atoms with Crippen LogP contribution in [-0.2, 0) is 6.42 Å². The molecule has 0 saturated carbocycles. The first kappa shape index (κ1) is 15.7. The van der Waals surface area contributed by atoms with Crippen LogP contribution in [-0.4, -0.2) is 10.9 Å². The molecular formula is C16H16Cl2OS. The van der Waals surface area contributed by atoms with Crippen molar-refractivity contribution >= 4 is 35.0 Å². The number of halogens is 2. The van der Waals surface area contributed by atoms with E-state index in [4.69, 9.17) is 23.2 Å². The Morgan fingerprint density at radius 2 is 1.80 bits per heavy atom. The van der Waals surface area contributed by atoms with Gasteiger partial charge in [-0.3, -0.25) is 0 Å². The molecule has 0 bridgehead atoms. The predicted octanol–water partition coefficient (Wildman–Crippen LogP) is 5.38. The van der Waals surface area contributed by atoms with Gasteiger partial charge in [0.1, 0.15) is 0 Å². The van der Waals surface area contributed by atoms with Crippen LogP contribution in [0.3, 0.4) is 0 Å². The smallest absolute Gasteiger partial charge is 0.0830 e. The van der Waals surface area contributed by atoms with E-state index in [1.165, 1.54) is 4.90 Å². The standard InChI is InChI=1S/C16H16Cl2OS/c1-2-20-14-7-4-11(5-8-14)16(19)9-12-3-6-13(17)10-15(12)18/h3-8,10,16,19H,2,9H2,1H3. The molecule has 0 fully saturated rings. The van der Waals surface area contributed by atoms with Crippen molar-refractivity contribution in [2.75, 3.05) is 5.75 Å². The molecule has 0 aliphatic carbocycles. The van der Waals surface area contributed by atoms with Crippen LogP contribution in [0.5, 0.6) is 0 Å². The molecule has 1 N–H and O–H groups in total. The molecule has 0 radical (unpaired) electrons. The quantitative estimate of drug-likeness (QED) is 0.744. The van der Waals surface area contributed by atoms with Gasteiger partial charge in [-0.15, -0.1) is 11.8 Å². The Hall–Kier alpha value is -0.670. The van der Waals surface area contributed by atoms with E-state index in [2.05, 4.69) is 6.92 Å². The van der Waals surface area contributed by atoms with Crippen molar-refractivity contribution in [2.24, 2.45) is 0 Å². The van der Waals surface area contributed by atoms with Gasteiger partial charge in [-0.1, -0.05) is 48.3 Å². The average Bonchev–Trinajstić information content (AvgIpc) is 2.43. The second kappa shape index (κ2) is 7.37. The lowest BCUT2D eigenvalue weighted by molar-refractivity contribution is 0.178. The summed E-state index contributed by atoms with van der Waals surface area (Å²) in [5, 5.41) is 11.5. The van der Waals surface area contributed by atoms with Crippen LogP contribution in [0.2, 0.25) is 10.0 Å². The predicted molar refractivity (Wildman–Crippen MR) is 88.0 cm³/mol. The van der Waals surface area contributed by atoms with Crippen LogP contribution < -0.4 is 0 Å². The molecule has 4 heteroatoms. The molecule has 2 rings (SSSR count). The molecule has 1 nitrogen and oxygen atoms in total. The van der Waals surface area contributed by atoms with Crippen molar-refractivity contribution < 1.29 is 5.11 Å². The van der Waals surface area contributed by atoms with E-state index in [0.29, 0.717) is 16.5 Å². The minimum atomic E-state index is -0.561. The van der Waals surface area contributed by atoms with Gasteiger partial charge in [-0.25, -0.2) is 0 Å².